The van der Waals surface area contributed by atoms with Gasteiger partial charge in [0.25, 0.3) is 0 Å². The summed E-state index contributed by atoms with van der Waals surface area (Å²) in [5, 5.41) is 11.7. The Balaban J connectivity index is 1.49. The molecule has 3 aromatic rings. The van der Waals surface area contributed by atoms with Crippen molar-refractivity contribution in [1.29, 1.82) is 0 Å². The zero-order chi connectivity index (χ0) is 24.8. The molecule has 0 fully saturated rings. The first-order valence-corrected chi connectivity index (χ1v) is 11.7. The van der Waals surface area contributed by atoms with Gasteiger partial charge in [-0.2, -0.15) is 0 Å². The van der Waals surface area contributed by atoms with Crippen LogP contribution in [0.5, 0.6) is 0 Å². The number of benzene rings is 3. The lowest BCUT2D eigenvalue weighted by Crippen LogP contribution is -2.44. The van der Waals surface area contributed by atoms with Crippen molar-refractivity contribution in [2.24, 2.45) is 0 Å². The number of hydrogen-bond donors (Lipinski definition) is 2. The maximum atomic E-state index is 13.3. The number of nitrogens with one attached hydrogen (secondary N) is 1. The molecule has 2 amide bonds. The van der Waals surface area contributed by atoms with Gasteiger partial charge in [-0.3, -0.25) is 9.59 Å². The summed E-state index contributed by atoms with van der Waals surface area (Å²) in [6, 6.07) is 24.0. The van der Waals surface area contributed by atoms with E-state index in [0.717, 1.165) is 22.3 Å². The average molecular weight is 473 g/mol. The summed E-state index contributed by atoms with van der Waals surface area (Å²) in [5.74, 6) is -1.47. The number of carboxylic acid groups (broad SMARTS) is 1. The monoisotopic (exact) mass is 472 g/mol. The minimum atomic E-state index is -0.989. The summed E-state index contributed by atoms with van der Waals surface area (Å²) in [6.07, 6.45) is -0.880. The molecule has 4 rings (SSSR count). The molecule has 0 saturated heterocycles. The molecule has 0 saturated carbocycles. The Labute approximate surface area is 204 Å². The van der Waals surface area contributed by atoms with Crippen LogP contribution in [0.25, 0.3) is 11.1 Å². The standard InChI is InChI=1S/C28H28N2O5/c1-2-30(17-16-25(31)32)27(33)26(19-10-4-3-5-11-19)29-28(34)35-18-24-22-14-8-6-12-20(22)21-13-7-9-15-23(21)24/h3-15,24,26H,2,16-18H2,1H3,(H,29,34)(H,31,32)/t26-/m0/s1. The van der Waals surface area contributed by atoms with E-state index in [1.54, 1.807) is 31.2 Å². The van der Waals surface area contributed by atoms with E-state index in [-0.39, 0.29) is 31.4 Å². The molecule has 1 aliphatic carbocycles. The predicted molar refractivity (Wildman–Crippen MR) is 132 cm³/mol. The summed E-state index contributed by atoms with van der Waals surface area (Å²) in [7, 11) is 0. The van der Waals surface area contributed by atoms with Gasteiger partial charge < -0.3 is 20.1 Å². The molecule has 7 nitrogen and oxygen atoms in total. The Kier molecular flexibility index (Phi) is 7.45. The minimum Gasteiger partial charge on any atom is -0.481 e. The Hall–Kier alpha value is -4.13. The molecule has 3 aromatic carbocycles. The van der Waals surface area contributed by atoms with Crippen LogP contribution in [0.3, 0.4) is 0 Å². The van der Waals surface area contributed by atoms with Gasteiger partial charge in [-0.05, 0) is 34.7 Å². The van der Waals surface area contributed by atoms with Crippen molar-refractivity contribution in [1.82, 2.24) is 10.2 Å². The number of amides is 2. The molecule has 0 aromatic heterocycles. The van der Waals surface area contributed by atoms with Gasteiger partial charge in [0, 0.05) is 19.0 Å². The first kappa shape index (κ1) is 24.0. The Morgan fingerprint density at radius 2 is 1.49 bits per heavy atom. The molecule has 180 valence electrons. The van der Waals surface area contributed by atoms with Crippen molar-refractivity contribution in [3.05, 3.63) is 95.6 Å². The number of ether oxygens (including phenoxy) is 1. The van der Waals surface area contributed by atoms with E-state index in [1.165, 1.54) is 4.90 Å². The molecule has 0 aliphatic heterocycles. The van der Waals surface area contributed by atoms with E-state index >= 15 is 0 Å². The van der Waals surface area contributed by atoms with E-state index in [9.17, 15) is 14.4 Å². The minimum absolute atomic E-state index is 0.0559. The number of fused-ring (bicyclic) bond motifs is 3. The fourth-order valence-electron chi connectivity index (χ4n) is 4.53. The van der Waals surface area contributed by atoms with Crippen molar-refractivity contribution in [2.45, 2.75) is 25.3 Å². The third-order valence-corrected chi connectivity index (χ3v) is 6.27. The lowest BCUT2D eigenvalue weighted by atomic mass is 9.98. The fourth-order valence-corrected chi connectivity index (χ4v) is 4.53. The van der Waals surface area contributed by atoms with E-state index in [0.29, 0.717) is 12.1 Å². The number of rotatable bonds is 9. The number of alkyl carbamates (subject to hydrolysis) is 1. The Bertz CT molecular complexity index is 1170. The van der Waals surface area contributed by atoms with Crippen LogP contribution in [-0.4, -0.2) is 47.7 Å². The van der Waals surface area contributed by atoms with Gasteiger partial charge >= 0.3 is 12.1 Å². The summed E-state index contributed by atoms with van der Waals surface area (Å²) in [4.78, 5) is 38.6. The number of carboxylic acids is 1. The second-order valence-corrected chi connectivity index (χ2v) is 8.38. The van der Waals surface area contributed by atoms with Gasteiger partial charge in [-0.15, -0.1) is 0 Å². The zero-order valence-electron chi connectivity index (χ0n) is 19.5. The Morgan fingerprint density at radius 3 is 2.06 bits per heavy atom. The largest absolute Gasteiger partial charge is 0.481 e. The quantitative estimate of drug-likeness (QED) is 0.475. The summed E-state index contributed by atoms with van der Waals surface area (Å²) < 4.78 is 5.64. The van der Waals surface area contributed by atoms with E-state index in [4.69, 9.17) is 9.84 Å². The van der Waals surface area contributed by atoms with Gasteiger partial charge in [0.2, 0.25) is 5.91 Å². The normalized spacial score (nSPS) is 12.8. The highest BCUT2D eigenvalue weighted by molar-refractivity contribution is 5.87. The number of likely N-dealkylation sites (N-methyl/N-ethyl adjacent to an activating group) is 1. The predicted octanol–water partition coefficient (Wildman–Crippen LogP) is 4.59. The maximum absolute atomic E-state index is 13.3. The van der Waals surface area contributed by atoms with E-state index in [2.05, 4.69) is 17.4 Å². The third-order valence-electron chi connectivity index (χ3n) is 6.27. The first-order chi connectivity index (χ1) is 17.0. The molecule has 2 N–H and O–H groups in total. The number of carbonyl (C=O) groups is 3. The van der Waals surface area contributed by atoms with Crippen LogP contribution < -0.4 is 5.32 Å². The Morgan fingerprint density at radius 1 is 0.914 bits per heavy atom. The summed E-state index contributed by atoms with van der Waals surface area (Å²) >= 11 is 0. The number of aliphatic carboxylic acids is 1. The van der Waals surface area contributed by atoms with Gasteiger partial charge in [0.15, 0.2) is 0 Å². The van der Waals surface area contributed by atoms with Gasteiger partial charge in [-0.1, -0.05) is 78.9 Å². The SMILES string of the molecule is CCN(CCC(=O)O)C(=O)[C@@H](NC(=O)OCC1c2ccccc2-c2ccccc21)c1ccccc1. The third kappa shape index (κ3) is 5.35. The highest BCUT2D eigenvalue weighted by Crippen LogP contribution is 2.44. The van der Waals surface area contributed by atoms with Crippen LogP contribution in [0.1, 0.15) is 42.0 Å². The lowest BCUT2D eigenvalue weighted by Gasteiger charge is -2.27. The van der Waals surface area contributed by atoms with Crippen molar-refractivity contribution >= 4 is 18.0 Å². The summed E-state index contributed by atoms with van der Waals surface area (Å²) in [6.45, 7) is 2.28. The average Bonchev–Trinajstić information content (AvgIpc) is 3.20. The molecule has 1 atom stereocenters. The van der Waals surface area contributed by atoms with Gasteiger partial charge in [-0.25, -0.2) is 4.79 Å². The van der Waals surface area contributed by atoms with Crippen LogP contribution in [-0.2, 0) is 14.3 Å². The van der Waals surface area contributed by atoms with Crippen LogP contribution in [0, 0.1) is 0 Å². The number of nitrogens with zero attached hydrogens (tertiary/aromatic N) is 1. The topological polar surface area (TPSA) is 95.9 Å². The smallest absolute Gasteiger partial charge is 0.408 e. The van der Waals surface area contributed by atoms with Crippen molar-refractivity contribution in [3.8, 4) is 11.1 Å². The lowest BCUT2D eigenvalue weighted by molar-refractivity contribution is -0.139. The highest BCUT2D eigenvalue weighted by atomic mass is 16.5. The molecule has 0 unspecified atom stereocenters. The molecule has 0 spiro atoms. The fraction of sp³-hybridized carbons (Fsp3) is 0.250. The second kappa shape index (κ2) is 10.9. The molecular weight excluding hydrogens is 444 g/mol. The second-order valence-electron chi connectivity index (χ2n) is 8.38. The zero-order valence-corrected chi connectivity index (χ0v) is 19.5. The first-order valence-electron chi connectivity index (χ1n) is 11.7. The van der Waals surface area contributed by atoms with Gasteiger partial charge in [0.05, 0.1) is 6.42 Å². The van der Waals surface area contributed by atoms with Crippen LogP contribution in [0.15, 0.2) is 78.9 Å². The highest BCUT2D eigenvalue weighted by Gasteiger charge is 2.31. The van der Waals surface area contributed by atoms with E-state index in [1.807, 2.05) is 42.5 Å². The summed E-state index contributed by atoms with van der Waals surface area (Å²) in [5.41, 5.74) is 5.06. The van der Waals surface area contributed by atoms with Gasteiger partial charge in [0.1, 0.15) is 12.6 Å². The molecule has 0 bridgehead atoms. The number of hydrogen-bond acceptors (Lipinski definition) is 4. The number of carbonyl (C=O) groups excluding carboxylic acids is 2. The molecule has 0 heterocycles. The molecule has 1 aliphatic rings. The van der Waals surface area contributed by atoms with E-state index < -0.39 is 18.1 Å². The van der Waals surface area contributed by atoms with Crippen LogP contribution in [0.4, 0.5) is 4.79 Å². The van der Waals surface area contributed by atoms with Crippen LogP contribution >= 0.6 is 0 Å². The molecule has 7 heteroatoms. The van der Waals surface area contributed by atoms with Crippen molar-refractivity contribution in [2.75, 3.05) is 19.7 Å². The van der Waals surface area contributed by atoms with Crippen LogP contribution in [0.2, 0.25) is 0 Å². The molecular formula is C28H28N2O5. The molecule has 35 heavy (non-hydrogen) atoms. The maximum Gasteiger partial charge on any atom is 0.408 e. The van der Waals surface area contributed by atoms with Crippen molar-refractivity contribution in [3.63, 3.8) is 0 Å². The molecule has 0 radical (unpaired) electrons. The van der Waals surface area contributed by atoms with Crippen molar-refractivity contribution < 1.29 is 24.2 Å².